The summed E-state index contributed by atoms with van der Waals surface area (Å²) >= 11 is 0. The number of β-amino-alcohol motifs (C(OH)–C–C–N with tert-alkyl or cyclic N) is 1. The smallest absolute Gasteiger partial charge is 0.208 e. The molecule has 0 saturated carbocycles. The van der Waals surface area contributed by atoms with E-state index >= 15 is 0 Å². The molecule has 1 aromatic rings. The van der Waals surface area contributed by atoms with Crippen LogP contribution in [0, 0.1) is 0 Å². The molecule has 4 heteroatoms. The van der Waals surface area contributed by atoms with Crippen molar-refractivity contribution in [2.75, 3.05) is 13.1 Å². The van der Waals surface area contributed by atoms with Crippen LogP contribution in [0.2, 0.25) is 0 Å². The predicted molar refractivity (Wildman–Crippen MR) is 56.5 cm³/mol. The first-order valence-corrected chi connectivity index (χ1v) is 5.31. The van der Waals surface area contributed by atoms with Crippen molar-refractivity contribution < 1.29 is 9.52 Å². The molecule has 15 heavy (non-hydrogen) atoms. The first-order chi connectivity index (χ1) is 6.95. The van der Waals surface area contributed by atoms with Crippen LogP contribution >= 0.6 is 0 Å². The first kappa shape index (κ1) is 10.6. The van der Waals surface area contributed by atoms with E-state index in [9.17, 15) is 0 Å². The Morgan fingerprint density at radius 3 is 2.67 bits per heavy atom. The van der Waals surface area contributed by atoms with Crippen LogP contribution in [0.25, 0.3) is 0 Å². The zero-order valence-electron chi connectivity index (χ0n) is 9.53. The summed E-state index contributed by atoms with van der Waals surface area (Å²) in [4.78, 5) is 6.35. The maximum absolute atomic E-state index is 9.14. The second-order valence-electron chi connectivity index (χ2n) is 5.22. The van der Waals surface area contributed by atoms with Crippen LogP contribution in [-0.2, 0) is 12.0 Å². The highest BCUT2D eigenvalue weighted by Gasteiger charge is 2.26. The normalized spacial score (nSPS) is 19.2. The Hall–Kier alpha value is -0.870. The van der Waals surface area contributed by atoms with Crippen molar-refractivity contribution in [3.8, 4) is 0 Å². The van der Waals surface area contributed by atoms with Crippen LogP contribution in [-0.4, -0.2) is 34.2 Å². The van der Waals surface area contributed by atoms with Crippen molar-refractivity contribution in [3.63, 3.8) is 0 Å². The van der Waals surface area contributed by atoms with E-state index in [4.69, 9.17) is 9.52 Å². The molecule has 0 aliphatic carbocycles. The molecule has 0 bridgehead atoms. The summed E-state index contributed by atoms with van der Waals surface area (Å²) < 4.78 is 5.66. The van der Waals surface area contributed by atoms with Gasteiger partial charge in [0, 0.05) is 18.5 Å². The monoisotopic (exact) mass is 210 g/mol. The van der Waals surface area contributed by atoms with Gasteiger partial charge in [-0.25, -0.2) is 4.98 Å². The van der Waals surface area contributed by atoms with Crippen LogP contribution in [0.1, 0.15) is 32.4 Å². The summed E-state index contributed by atoms with van der Waals surface area (Å²) in [6, 6.07) is 0. The lowest BCUT2D eigenvalue weighted by molar-refractivity contribution is -0.00748. The zero-order chi connectivity index (χ0) is 11.1. The van der Waals surface area contributed by atoms with Gasteiger partial charge in [0.2, 0.25) is 5.89 Å². The third-order valence-electron chi connectivity index (χ3n) is 2.59. The highest BCUT2D eigenvalue weighted by atomic mass is 16.4. The average molecular weight is 210 g/mol. The van der Waals surface area contributed by atoms with E-state index in [1.807, 2.05) is 0 Å². The lowest BCUT2D eigenvalue weighted by Crippen LogP contribution is -2.49. The van der Waals surface area contributed by atoms with Crippen LogP contribution in [0.3, 0.4) is 0 Å². The van der Waals surface area contributed by atoms with Gasteiger partial charge in [0.25, 0.3) is 0 Å². The molecule has 1 fully saturated rings. The maximum atomic E-state index is 9.14. The molecule has 0 aromatic carbocycles. The van der Waals surface area contributed by atoms with E-state index in [-0.39, 0.29) is 11.5 Å². The Morgan fingerprint density at radius 1 is 1.53 bits per heavy atom. The summed E-state index contributed by atoms with van der Waals surface area (Å²) in [5.74, 6) is 1.66. The largest absolute Gasteiger partial charge is 0.444 e. The number of oxazole rings is 1. The Morgan fingerprint density at radius 2 is 2.20 bits per heavy atom. The highest BCUT2D eigenvalue weighted by molar-refractivity contribution is 5.06. The van der Waals surface area contributed by atoms with Gasteiger partial charge in [-0.05, 0) is 0 Å². The van der Waals surface area contributed by atoms with E-state index in [1.54, 1.807) is 6.20 Å². The van der Waals surface area contributed by atoms with E-state index in [0.29, 0.717) is 6.54 Å². The van der Waals surface area contributed by atoms with Crippen molar-refractivity contribution >= 4 is 0 Å². The van der Waals surface area contributed by atoms with Crippen LogP contribution in [0.5, 0.6) is 0 Å². The molecular formula is C11H18N2O2. The fourth-order valence-electron chi connectivity index (χ4n) is 1.59. The van der Waals surface area contributed by atoms with Gasteiger partial charge >= 0.3 is 0 Å². The van der Waals surface area contributed by atoms with Gasteiger partial charge in [-0.3, -0.25) is 4.90 Å². The topological polar surface area (TPSA) is 49.5 Å². The standard InChI is InChI=1S/C11H18N2O2/c1-11(2,3)9-4-12-10(15-9)7-13-5-8(14)6-13/h4,8,14H,5-7H2,1-3H3. The lowest BCUT2D eigenvalue weighted by atomic mass is 9.94. The molecule has 2 rings (SSSR count). The Kier molecular flexibility index (Phi) is 2.56. The number of nitrogens with zero attached hydrogens (tertiary/aromatic N) is 2. The van der Waals surface area contributed by atoms with Crippen molar-refractivity contribution in [1.82, 2.24) is 9.88 Å². The molecule has 0 spiro atoms. The van der Waals surface area contributed by atoms with Crippen LogP contribution < -0.4 is 0 Å². The van der Waals surface area contributed by atoms with Gasteiger partial charge in [-0.2, -0.15) is 0 Å². The van der Waals surface area contributed by atoms with Crippen molar-refractivity contribution in [1.29, 1.82) is 0 Å². The molecule has 1 aromatic heterocycles. The predicted octanol–water partition coefficient (Wildman–Crippen LogP) is 1.15. The number of aromatic nitrogens is 1. The summed E-state index contributed by atoms with van der Waals surface area (Å²) in [7, 11) is 0. The molecule has 0 amide bonds. The molecular weight excluding hydrogens is 192 g/mol. The number of hydrogen-bond acceptors (Lipinski definition) is 4. The average Bonchev–Trinajstić information content (AvgIpc) is 2.49. The Labute approximate surface area is 89.9 Å². The van der Waals surface area contributed by atoms with E-state index in [1.165, 1.54) is 0 Å². The number of aliphatic hydroxyl groups is 1. The SMILES string of the molecule is CC(C)(C)c1cnc(CN2CC(O)C2)o1. The van der Waals surface area contributed by atoms with E-state index < -0.39 is 0 Å². The molecule has 1 aliphatic rings. The van der Waals surface area contributed by atoms with Gasteiger partial charge in [0.15, 0.2) is 0 Å². The molecule has 2 heterocycles. The summed E-state index contributed by atoms with van der Waals surface area (Å²) in [6.45, 7) is 8.47. The van der Waals surface area contributed by atoms with Gasteiger partial charge in [0.1, 0.15) is 5.76 Å². The first-order valence-electron chi connectivity index (χ1n) is 5.31. The molecule has 1 saturated heterocycles. The van der Waals surface area contributed by atoms with E-state index in [2.05, 4.69) is 30.7 Å². The third-order valence-corrected chi connectivity index (χ3v) is 2.59. The quantitative estimate of drug-likeness (QED) is 0.795. The van der Waals surface area contributed by atoms with Gasteiger partial charge in [-0.15, -0.1) is 0 Å². The van der Waals surface area contributed by atoms with Crippen LogP contribution in [0.4, 0.5) is 0 Å². The number of hydrogen-bond donors (Lipinski definition) is 1. The van der Waals surface area contributed by atoms with Crippen molar-refractivity contribution in [3.05, 3.63) is 17.8 Å². The second kappa shape index (κ2) is 3.61. The Balaban J connectivity index is 1.96. The van der Waals surface area contributed by atoms with Crippen LogP contribution in [0.15, 0.2) is 10.6 Å². The number of rotatable bonds is 2. The molecule has 1 aliphatic heterocycles. The summed E-state index contributed by atoms with van der Waals surface area (Å²) in [5.41, 5.74) is 0.0136. The Bertz CT molecular complexity index is 335. The fourth-order valence-corrected chi connectivity index (χ4v) is 1.59. The van der Waals surface area contributed by atoms with Gasteiger partial charge in [0.05, 0.1) is 18.8 Å². The molecule has 0 radical (unpaired) electrons. The van der Waals surface area contributed by atoms with Crippen molar-refractivity contribution in [2.24, 2.45) is 0 Å². The minimum absolute atomic E-state index is 0.0136. The summed E-state index contributed by atoms with van der Waals surface area (Å²) in [5, 5.41) is 9.14. The van der Waals surface area contributed by atoms with Crippen molar-refractivity contribution in [2.45, 2.75) is 38.8 Å². The maximum Gasteiger partial charge on any atom is 0.208 e. The summed E-state index contributed by atoms with van der Waals surface area (Å²) in [6.07, 6.45) is 1.63. The van der Waals surface area contributed by atoms with E-state index in [0.717, 1.165) is 24.7 Å². The fraction of sp³-hybridized carbons (Fsp3) is 0.727. The van der Waals surface area contributed by atoms with Gasteiger partial charge < -0.3 is 9.52 Å². The molecule has 1 N–H and O–H groups in total. The zero-order valence-corrected chi connectivity index (χ0v) is 9.53. The molecule has 84 valence electrons. The lowest BCUT2D eigenvalue weighted by Gasteiger charge is -2.34. The minimum Gasteiger partial charge on any atom is -0.444 e. The highest BCUT2D eigenvalue weighted by Crippen LogP contribution is 2.23. The molecule has 0 unspecified atom stereocenters. The van der Waals surface area contributed by atoms with Gasteiger partial charge in [-0.1, -0.05) is 20.8 Å². The minimum atomic E-state index is -0.165. The molecule has 4 nitrogen and oxygen atoms in total. The number of likely N-dealkylation sites (tertiary alicyclic amines) is 1. The third kappa shape index (κ3) is 2.38. The molecule has 0 atom stereocenters. The number of aliphatic hydroxyl groups excluding tert-OH is 1. The second-order valence-corrected chi connectivity index (χ2v) is 5.22.